The van der Waals surface area contributed by atoms with E-state index >= 15 is 0 Å². The fourth-order valence-corrected chi connectivity index (χ4v) is 4.10. The lowest BCUT2D eigenvalue weighted by Gasteiger charge is -2.19. The first-order chi connectivity index (χ1) is 12.7. The first-order valence-electron chi connectivity index (χ1n) is 8.13. The molecule has 0 saturated heterocycles. The highest BCUT2D eigenvalue weighted by Gasteiger charge is 2.26. The Morgan fingerprint density at radius 3 is 2.37 bits per heavy atom. The lowest BCUT2D eigenvalue weighted by molar-refractivity contribution is -0.385. The number of rotatable bonds is 8. The molecule has 0 atom stereocenters. The first kappa shape index (κ1) is 20.7. The molecule has 2 aromatic rings. The van der Waals surface area contributed by atoms with Crippen molar-refractivity contribution in [1.82, 2.24) is 4.31 Å². The van der Waals surface area contributed by atoms with Gasteiger partial charge in [0.25, 0.3) is 5.69 Å². The number of nitrogens with zero attached hydrogens (tertiary/aromatic N) is 2. The van der Waals surface area contributed by atoms with Crippen molar-refractivity contribution in [2.75, 3.05) is 27.8 Å². The molecule has 0 N–H and O–H groups in total. The molecule has 0 fully saturated rings. The average molecular weight is 394 g/mol. The highest BCUT2D eigenvalue weighted by Crippen LogP contribution is 2.29. The summed E-state index contributed by atoms with van der Waals surface area (Å²) in [5.41, 5.74) is 0.787. The Morgan fingerprint density at radius 2 is 1.78 bits per heavy atom. The van der Waals surface area contributed by atoms with Crippen LogP contribution in [0.25, 0.3) is 0 Å². The van der Waals surface area contributed by atoms with Crippen LogP contribution < -0.4 is 9.47 Å². The number of hydrogen-bond donors (Lipinski definition) is 0. The minimum Gasteiger partial charge on any atom is -0.493 e. The van der Waals surface area contributed by atoms with Gasteiger partial charge in [0.2, 0.25) is 10.0 Å². The van der Waals surface area contributed by atoms with Gasteiger partial charge in [-0.1, -0.05) is 12.1 Å². The fraction of sp³-hybridized carbons (Fsp3) is 0.333. The second kappa shape index (κ2) is 8.36. The molecule has 0 aliphatic heterocycles. The van der Waals surface area contributed by atoms with Gasteiger partial charge in [0.1, 0.15) is 0 Å². The molecule has 0 heterocycles. The van der Waals surface area contributed by atoms with Crippen molar-refractivity contribution in [3.05, 3.63) is 57.6 Å². The van der Waals surface area contributed by atoms with E-state index in [9.17, 15) is 18.5 Å². The van der Waals surface area contributed by atoms with Crippen LogP contribution in [0.4, 0.5) is 5.69 Å². The van der Waals surface area contributed by atoms with Gasteiger partial charge in [-0.15, -0.1) is 0 Å². The van der Waals surface area contributed by atoms with E-state index in [1.807, 2.05) is 6.07 Å². The second-order valence-corrected chi connectivity index (χ2v) is 7.94. The molecule has 8 nitrogen and oxygen atoms in total. The highest BCUT2D eigenvalue weighted by atomic mass is 32.2. The molecule has 0 saturated carbocycles. The molecular formula is C18H22N2O6S. The van der Waals surface area contributed by atoms with Crippen LogP contribution in [-0.2, 0) is 16.4 Å². The van der Waals surface area contributed by atoms with Crippen molar-refractivity contribution in [2.45, 2.75) is 18.2 Å². The molecule has 0 aliphatic rings. The van der Waals surface area contributed by atoms with E-state index in [0.29, 0.717) is 17.9 Å². The van der Waals surface area contributed by atoms with Crippen LogP contribution >= 0.6 is 0 Å². The van der Waals surface area contributed by atoms with E-state index < -0.39 is 14.9 Å². The maximum absolute atomic E-state index is 12.8. The smallest absolute Gasteiger partial charge is 0.273 e. The van der Waals surface area contributed by atoms with Gasteiger partial charge in [0, 0.05) is 25.2 Å². The molecule has 0 unspecified atom stereocenters. The van der Waals surface area contributed by atoms with Gasteiger partial charge >= 0.3 is 0 Å². The zero-order valence-electron chi connectivity index (χ0n) is 15.6. The van der Waals surface area contributed by atoms with Crippen LogP contribution in [0, 0.1) is 17.0 Å². The Labute approximate surface area is 158 Å². The van der Waals surface area contributed by atoms with E-state index in [1.165, 1.54) is 43.6 Å². The molecule has 146 valence electrons. The van der Waals surface area contributed by atoms with Crippen molar-refractivity contribution in [3.63, 3.8) is 0 Å². The van der Waals surface area contributed by atoms with Crippen molar-refractivity contribution >= 4 is 15.7 Å². The highest BCUT2D eigenvalue weighted by molar-refractivity contribution is 7.89. The minimum absolute atomic E-state index is 0.0634. The third kappa shape index (κ3) is 4.37. The van der Waals surface area contributed by atoms with Gasteiger partial charge in [-0.05, 0) is 37.1 Å². The van der Waals surface area contributed by atoms with Gasteiger partial charge < -0.3 is 9.47 Å². The Balaban J connectivity index is 2.22. The van der Waals surface area contributed by atoms with Crippen molar-refractivity contribution in [3.8, 4) is 11.5 Å². The maximum atomic E-state index is 12.8. The molecule has 0 aromatic heterocycles. The van der Waals surface area contributed by atoms with Gasteiger partial charge in [0.05, 0.1) is 24.0 Å². The molecule has 0 radical (unpaired) electrons. The fourth-order valence-electron chi connectivity index (χ4n) is 2.69. The summed E-state index contributed by atoms with van der Waals surface area (Å²) < 4.78 is 37.3. The Hall–Kier alpha value is -2.65. The van der Waals surface area contributed by atoms with Gasteiger partial charge in [-0.3, -0.25) is 10.1 Å². The monoisotopic (exact) mass is 394 g/mol. The molecule has 0 bridgehead atoms. The summed E-state index contributed by atoms with van der Waals surface area (Å²) in [6.07, 6.45) is 0.448. The molecule has 9 heteroatoms. The summed E-state index contributed by atoms with van der Waals surface area (Å²) in [6, 6.07) is 9.43. The quantitative estimate of drug-likeness (QED) is 0.504. The van der Waals surface area contributed by atoms with Crippen LogP contribution in [0.15, 0.2) is 41.3 Å². The number of hydrogen-bond acceptors (Lipinski definition) is 6. The summed E-state index contributed by atoms with van der Waals surface area (Å²) in [5, 5.41) is 11.1. The Kier molecular flexibility index (Phi) is 6.40. The van der Waals surface area contributed by atoms with Crippen LogP contribution in [0.2, 0.25) is 0 Å². The lowest BCUT2D eigenvalue weighted by Crippen LogP contribution is -2.29. The Bertz CT molecular complexity index is 943. The number of benzene rings is 2. The first-order valence-corrected chi connectivity index (χ1v) is 9.57. The number of likely N-dealkylation sites (N-methyl/N-ethyl adjacent to an activating group) is 1. The summed E-state index contributed by atoms with van der Waals surface area (Å²) in [4.78, 5) is 10.4. The number of nitro groups is 1. The third-order valence-electron chi connectivity index (χ3n) is 4.30. The van der Waals surface area contributed by atoms with Crippen LogP contribution in [-0.4, -0.2) is 45.5 Å². The summed E-state index contributed by atoms with van der Waals surface area (Å²) in [7, 11) is 0.673. The summed E-state index contributed by atoms with van der Waals surface area (Å²) in [5.74, 6) is 1.16. The number of ether oxygens (including phenoxy) is 2. The predicted molar refractivity (Wildman–Crippen MR) is 101 cm³/mol. The predicted octanol–water partition coefficient (Wildman–Crippen LogP) is 2.78. The van der Waals surface area contributed by atoms with E-state index in [0.717, 1.165) is 5.56 Å². The SMILES string of the molecule is COc1ccc(CCN(C)S(=O)(=O)c2cccc([N+](=O)[O-])c2C)cc1OC. The van der Waals surface area contributed by atoms with E-state index in [2.05, 4.69) is 0 Å². The normalized spacial score (nSPS) is 11.4. The minimum atomic E-state index is -3.85. The second-order valence-electron chi connectivity index (χ2n) is 5.92. The maximum Gasteiger partial charge on any atom is 0.273 e. The molecule has 0 aliphatic carbocycles. The van der Waals surface area contributed by atoms with E-state index in [1.54, 1.807) is 19.2 Å². The number of sulfonamides is 1. The van der Waals surface area contributed by atoms with Gasteiger partial charge in [-0.25, -0.2) is 12.7 Å². The molecule has 2 rings (SSSR count). The summed E-state index contributed by atoms with van der Waals surface area (Å²) in [6.45, 7) is 1.65. The molecule has 0 amide bonds. The van der Waals surface area contributed by atoms with E-state index in [4.69, 9.17) is 9.47 Å². The molecule has 0 spiro atoms. The van der Waals surface area contributed by atoms with Crippen molar-refractivity contribution in [2.24, 2.45) is 0 Å². The standard InChI is InChI=1S/C18H22N2O6S/c1-13-15(20(21)22)6-5-7-18(13)27(23,24)19(2)11-10-14-8-9-16(25-3)17(12-14)26-4/h5-9,12H,10-11H2,1-4H3. The van der Waals surface area contributed by atoms with Crippen molar-refractivity contribution < 1.29 is 22.8 Å². The van der Waals surface area contributed by atoms with Crippen LogP contribution in [0.1, 0.15) is 11.1 Å². The molecule has 2 aromatic carbocycles. The Morgan fingerprint density at radius 1 is 1.11 bits per heavy atom. The topological polar surface area (TPSA) is 99.0 Å². The zero-order chi connectivity index (χ0) is 20.2. The lowest BCUT2D eigenvalue weighted by atomic mass is 10.1. The third-order valence-corrected chi connectivity index (χ3v) is 6.31. The van der Waals surface area contributed by atoms with Crippen LogP contribution in [0.5, 0.6) is 11.5 Å². The largest absolute Gasteiger partial charge is 0.493 e. The van der Waals surface area contributed by atoms with Gasteiger partial charge in [0.15, 0.2) is 11.5 Å². The van der Waals surface area contributed by atoms with Crippen LogP contribution in [0.3, 0.4) is 0 Å². The molecule has 27 heavy (non-hydrogen) atoms. The van der Waals surface area contributed by atoms with Gasteiger partial charge in [-0.2, -0.15) is 0 Å². The number of methoxy groups -OCH3 is 2. The average Bonchev–Trinajstić information content (AvgIpc) is 2.65. The number of nitro benzene ring substituents is 1. The molecular weight excluding hydrogens is 372 g/mol. The van der Waals surface area contributed by atoms with E-state index in [-0.39, 0.29) is 22.7 Å². The van der Waals surface area contributed by atoms with Crippen molar-refractivity contribution in [1.29, 1.82) is 0 Å². The zero-order valence-corrected chi connectivity index (χ0v) is 16.4. The summed E-state index contributed by atoms with van der Waals surface area (Å²) >= 11 is 0.